The highest BCUT2D eigenvalue weighted by molar-refractivity contribution is 6.24. The van der Waals surface area contributed by atoms with Crippen LogP contribution >= 0.6 is 0 Å². The van der Waals surface area contributed by atoms with Gasteiger partial charge < -0.3 is 4.74 Å². The van der Waals surface area contributed by atoms with E-state index in [0.29, 0.717) is 35.1 Å². The normalized spacial score (nSPS) is 16.2. The van der Waals surface area contributed by atoms with Gasteiger partial charge in [0.05, 0.1) is 0 Å². The van der Waals surface area contributed by atoms with Crippen LogP contribution in [-0.2, 0) is 14.3 Å². The van der Waals surface area contributed by atoms with E-state index in [-0.39, 0.29) is 18.2 Å². The molecule has 0 unspecified atom stereocenters. The largest absolute Gasteiger partial charge is 0.411 e. The molecule has 0 aromatic rings. The van der Waals surface area contributed by atoms with Crippen LogP contribution in [0.3, 0.4) is 0 Å². The molecule has 0 saturated heterocycles. The summed E-state index contributed by atoms with van der Waals surface area (Å²) < 4.78 is 40.2. The van der Waals surface area contributed by atoms with Crippen molar-refractivity contribution in [1.82, 2.24) is 0 Å². The first-order valence-corrected chi connectivity index (χ1v) is 8.76. The Morgan fingerprint density at radius 1 is 0.760 bits per heavy atom. The maximum Gasteiger partial charge on any atom is 0.411 e. The number of hydrogen-bond donors (Lipinski definition) is 0. The van der Waals surface area contributed by atoms with Crippen molar-refractivity contribution < 1.29 is 27.5 Å². The highest BCUT2D eigenvalue weighted by Gasteiger charge is 2.27. The van der Waals surface area contributed by atoms with E-state index in [0.717, 1.165) is 32.1 Å². The summed E-state index contributed by atoms with van der Waals surface area (Å²) in [6, 6.07) is 0. The lowest BCUT2D eigenvalue weighted by Gasteiger charge is -2.18. The first-order chi connectivity index (χ1) is 11.6. The Bertz CT molecular complexity index is 557. The van der Waals surface area contributed by atoms with Crippen molar-refractivity contribution in [3.8, 4) is 0 Å². The van der Waals surface area contributed by atoms with Crippen LogP contribution in [0.25, 0.3) is 0 Å². The first-order valence-electron chi connectivity index (χ1n) is 8.76. The minimum atomic E-state index is -4.25. The lowest BCUT2D eigenvalue weighted by atomic mass is 9.84. The Morgan fingerprint density at radius 2 is 1.28 bits per heavy atom. The number of allylic oxidation sites excluding steroid dienone is 4. The fraction of sp³-hybridized carbons (Fsp3) is 0.684. The van der Waals surface area contributed by atoms with Crippen molar-refractivity contribution >= 4 is 11.6 Å². The number of alkyl halides is 3. The molecule has 1 aliphatic rings. The quantitative estimate of drug-likeness (QED) is 0.402. The highest BCUT2D eigenvalue weighted by Crippen LogP contribution is 2.27. The molecule has 0 fully saturated rings. The molecule has 0 aromatic carbocycles. The predicted molar refractivity (Wildman–Crippen MR) is 90.3 cm³/mol. The van der Waals surface area contributed by atoms with E-state index in [2.05, 4.69) is 4.74 Å². The second-order valence-corrected chi connectivity index (χ2v) is 6.55. The molecule has 1 aliphatic carbocycles. The number of carbonyl (C=O) groups is 2. The van der Waals surface area contributed by atoms with Crippen molar-refractivity contribution in [3.63, 3.8) is 0 Å². The minimum absolute atomic E-state index is 0.0172. The topological polar surface area (TPSA) is 43.4 Å². The zero-order valence-electron chi connectivity index (χ0n) is 15.2. The average molecular weight is 360 g/mol. The number of hydrogen-bond acceptors (Lipinski definition) is 3. The van der Waals surface area contributed by atoms with Gasteiger partial charge >= 0.3 is 6.18 Å². The molecule has 0 bridgehead atoms. The standard InChI is InChI=1S/C19H27F3O3/c1-13-14(2)18(24)16(15(3)17(13)23)10-8-6-4-5-7-9-11-25-12-19(20,21)22/h4-12H2,1-3H3. The Kier molecular flexibility index (Phi) is 8.56. The van der Waals surface area contributed by atoms with E-state index in [4.69, 9.17) is 0 Å². The molecule has 0 radical (unpaired) electrons. The molecule has 25 heavy (non-hydrogen) atoms. The van der Waals surface area contributed by atoms with Gasteiger partial charge in [-0.15, -0.1) is 0 Å². The Morgan fingerprint density at radius 3 is 1.88 bits per heavy atom. The SMILES string of the molecule is CC1=C(C)C(=O)C(CCCCCCCCOCC(F)(F)F)=C(C)C1=O. The van der Waals surface area contributed by atoms with Crippen LogP contribution in [0.15, 0.2) is 22.3 Å². The third-order valence-corrected chi connectivity index (χ3v) is 4.54. The summed E-state index contributed by atoms with van der Waals surface area (Å²) >= 11 is 0. The molecule has 0 aromatic heterocycles. The highest BCUT2D eigenvalue weighted by atomic mass is 19.4. The third-order valence-electron chi connectivity index (χ3n) is 4.54. The van der Waals surface area contributed by atoms with Crippen LogP contribution in [0.1, 0.15) is 65.7 Å². The van der Waals surface area contributed by atoms with E-state index < -0.39 is 12.8 Å². The maximum atomic E-state index is 12.3. The lowest BCUT2D eigenvalue weighted by molar-refractivity contribution is -0.174. The van der Waals surface area contributed by atoms with Crippen molar-refractivity contribution in [3.05, 3.63) is 22.3 Å². The average Bonchev–Trinajstić information content (AvgIpc) is 2.54. The van der Waals surface area contributed by atoms with Gasteiger partial charge in [-0.1, -0.05) is 25.7 Å². The molecular formula is C19H27F3O3. The van der Waals surface area contributed by atoms with Gasteiger partial charge in [-0.2, -0.15) is 13.2 Å². The molecule has 0 amide bonds. The monoisotopic (exact) mass is 360 g/mol. The van der Waals surface area contributed by atoms with Gasteiger partial charge in [-0.05, 0) is 40.0 Å². The van der Waals surface area contributed by atoms with Gasteiger partial charge in [-0.25, -0.2) is 0 Å². The Balaban J connectivity index is 2.16. The Hall–Kier alpha value is -1.43. The summed E-state index contributed by atoms with van der Waals surface area (Å²) in [6.07, 6.45) is 1.47. The molecule has 0 aliphatic heterocycles. The molecule has 142 valence electrons. The summed E-state index contributed by atoms with van der Waals surface area (Å²) in [5.74, 6) is -0.0534. The number of halogens is 3. The molecule has 0 spiro atoms. The number of carbonyl (C=O) groups excluding carboxylic acids is 2. The summed E-state index contributed by atoms with van der Waals surface area (Å²) in [6.45, 7) is 4.05. The summed E-state index contributed by atoms with van der Waals surface area (Å²) in [4.78, 5) is 24.3. The van der Waals surface area contributed by atoms with Gasteiger partial charge in [0, 0.05) is 28.9 Å². The van der Waals surface area contributed by atoms with Crippen molar-refractivity contribution in [2.75, 3.05) is 13.2 Å². The van der Waals surface area contributed by atoms with Crippen molar-refractivity contribution in [2.24, 2.45) is 0 Å². The zero-order valence-corrected chi connectivity index (χ0v) is 15.2. The minimum Gasteiger partial charge on any atom is -0.372 e. The van der Waals surface area contributed by atoms with Crippen molar-refractivity contribution in [2.45, 2.75) is 71.9 Å². The summed E-state index contributed by atoms with van der Waals surface area (Å²) in [5, 5.41) is 0. The molecule has 1 rings (SSSR count). The van der Waals surface area contributed by atoms with Gasteiger partial charge in [-0.3, -0.25) is 9.59 Å². The van der Waals surface area contributed by atoms with E-state index >= 15 is 0 Å². The van der Waals surface area contributed by atoms with E-state index in [1.807, 2.05) is 0 Å². The molecule has 0 heterocycles. The van der Waals surface area contributed by atoms with Crippen molar-refractivity contribution in [1.29, 1.82) is 0 Å². The molecular weight excluding hydrogens is 333 g/mol. The van der Waals surface area contributed by atoms with E-state index in [1.165, 1.54) is 0 Å². The van der Waals surface area contributed by atoms with Crippen LogP contribution < -0.4 is 0 Å². The molecule has 0 atom stereocenters. The van der Waals surface area contributed by atoms with Gasteiger partial charge in [0.1, 0.15) is 6.61 Å². The van der Waals surface area contributed by atoms with Crippen LogP contribution in [-0.4, -0.2) is 31.0 Å². The number of Topliss-reactive ketones (excluding diaryl/α,β-unsaturated/α-hetero) is 2. The Labute approximate surface area is 147 Å². The molecule has 0 N–H and O–H groups in total. The zero-order chi connectivity index (χ0) is 19.0. The lowest BCUT2D eigenvalue weighted by Crippen LogP contribution is -2.20. The summed E-state index contributed by atoms with van der Waals surface area (Å²) in [5.41, 5.74) is 2.28. The van der Waals surface area contributed by atoms with Gasteiger partial charge in [0.2, 0.25) is 0 Å². The number of ketones is 2. The van der Waals surface area contributed by atoms with Crippen LogP contribution in [0.4, 0.5) is 13.2 Å². The molecule has 3 nitrogen and oxygen atoms in total. The number of rotatable bonds is 10. The van der Waals surface area contributed by atoms with E-state index in [9.17, 15) is 22.8 Å². The van der Waals surface area contributed by atoms with Gasteiger partial charge in [0.15, 0.2) is 11.6 Å². The maximum absolute atomic E-state index is 12.3. The number of ether oxygens (including phenoxy) is 1. The predicted octanol–water partition coefficient (Wildman–Crippen LogP) is 5.10. The van der Waals surface area contributed by atoms with Crippen LogP contribution in [0.2, 0.25) is 0 Å². The second kappa shape index (κ2) is 9.90. The van der Waals surface area contributed by atoms with Crippen LogP contribution in [0, 0.1) is 0 Å². The second-order valence-electron chi connectivity index (χ2n) is 6.55. The smallest absolute Gasteiger partial charge is 0.372 e. The van der Waals surface area contributed by atoms with Gasteiger partial charge in [0.25, 0.3) is 0 Å². The third kappa shape index (κ3) is 7.14. The number of unbranched alkanes of at least 4 members (excludes halogenated alkanes) is 5. The van der Waals surface area contributed by atoms with Crippen LogP contribution in [0.5, 0.6) is 0 Å². The fourth-order valence-electron chi connectivity index (χ4n) is 2.86. The first kappa shape index (κ1) is 21.6. The van der Waals surface area contributed by atoms with E-state index in [1.54, 1.807) is 20.8 Å². The molecule has 0 saturated carbocycles. The summed E-state index contributed by atoms with van der Waals surface area (Å²) in [7, 11) is 0. The molecule has 6 heteroatoms. The fourth-order valence-corrected chi connectivity index (χ4v) is 2.86.